The minimum atomic E-state index is -3.10. The molecule has 0 bridgehead atoms. The highest BCUT2D eigenvalue weighted by atomic mass is 32.2. The molecular formula is C20H27N5O3S. The van der Waals surface area contributed by atoms with Crippen LogP contribution in [-0.2, 0) is 16.4 Å². The lowest BCUT2D eigenvalue weighted by atomic mass is 10.1. The Morgan fingerprint density at radius 2 is 1.79 bits per heavy atom. The highest BCUT2D eigenvalue weighted by molar-refractivity contribution is 7.88. The predicted octanol–water partition coefficient (Wildman–Crippen LogP) is 2.15. The highest BCUT2D eigenvalue weighted by Crippen LogP contribution is 2.14. The number of benzene rings is 1. The number of carbonyl (C=O) groups is 1. The highest BCUT2D eigenvalue weighted by Gasteiger charge is 2.22. The summed E-state index contributed by atoms with van der Waals surface area (Å²) in [6.07, 6.45) is 3.71. The monoisotopic (exact) mass is 417 g/mol. The molecule has 2 heterocycles. The van der Waals surface area contributed by atoms with Crippen molar-refractivity contribution in [1.29, 1.82) is 0 Å². The zero-order valence-electron chi connectivity index (χ0n) is 16.8. The molecule has 1 aromatic heterocycles. The van der Waals surface area contributed by atoms with Gasteiger partial charge in [-0.15, -0.1) is 0 Å². The Morgan fingerprint density at radius 3 is 2.45 bits per heavy atom. The number of rotatable bonds is 6. The largest absolute Gasteiger partial charge is 0.323 e. The number of hydrogen-bond donors (Lipinski definition) is 2. The lowest BCUT2D eigenvalue weighted by molar-refractivity contribution is 0.191. The van der Waals surface area contributed by atoms with Gasteiger partial charge in [0.2, 0.25) is 10.0 Å². The number of aryl methyl sites for hydroxylation is 1. The van der Waals surface area contributed by atoms with Crippen LogP contribution in [0.3, 0.4) is 0 Å². The van der Waals surface area contributed by atoms with E-state index >= 15 is 0 Å². The van der Waals surface area contributed by atoms with E-state index in [4.69, 9.17) is 0 Å². The SMILES string of the molecule is Cc1ccc(NC(=O)Nc2cccc(CCN3CCN(S(C)(=O)=O)CC3)c2)cn1. The zero-order chi connectivity index (χ0) is 20.9. The molecule has 1 aliphatic rings. The quantitative estimate of drug-likeness (QED) is 0.751. The van der Waals surface area contributed by atoms with E-state index in [-0.39, 0.29) is 6.03 Å². The Hall–Kier alpha value is -2.49. The molecule has 2 amide bonds. The Bertz CT molecular complexity index is 939. The van der Waals surface area contributed by atoms with Gasteiger partial charge in [0.05, 0.1) is 18.1 Å². The van der Waals surface area contributed by atoms with Crippen molar-refractivity contribution in [3.8, 4) is 0 Å². The average Bonchev–Trinajstić information content (AvgIpc) is 2.68. The fraction of sp³-hybridized carbons (Fsp3) is 0.400. The molecule has 1 aromatic carbocycles. The van der Waals surface area contributed by atoms with Gasteiger partial charge in [-0.1, -0.05) is 12.1 Å². The Kier molecular flexibility index (Phi) is 6.83. The summed E-state index contributed by atoms with van der Waals surface area (Å²) in [6, 6.07) is 11.1. The minimum Gasteiger partial charge on any atom is -0.308 e. The van der Waals surface area contributed by atoms with Crippen LogP contribution in [0.1, 0.15) is 11.3 Å². The number of anilines is 2. The second-order valence-corrected chi connectivity index (χ2v) is 9.20. The van der Waals surface area contributed by atoms with Gasteiger partial charge in [0.15, 0.2) is 0 Å². The lowest BCUT2D eigenvalue weighted by Crippen LogP contribution is -2.48. The Balaban J connectivity index is 1.48. The lowest BCUT2D eigenvalue weighted by Gasteiger charge is -2.33. The van der Waals surface area contributed by atoms with E-state index in [0.29, 0.717) is 18.8 Å². The van der Waals surface area contributed by atoms with Gasteiger partial charge in [-0.05, 0) is 43.2 Å². The molecule has 1 fully saturated rings. The normalized spacial score (nSPS) is 15.8. The van der Waals surface area contributed by atoms with E-state index in [1.807, 2.05) is 43.3 Å². The molecule has 1 saturated heterocycles. The third-order valence-corrected chi connectivity index (χ3v) is 6.17. The fourth-order valence-electron chi connectivity index (χ4n) is 3.21. The van der Waals surface area contributed by atoms with Crippen LogP contribution >= 0.6 is 0 Å². The van der Waals surface area contributed by atoms with Crippen molar-refractivity contribution in [1.82, 2.24) is 14.2 Å². The van der Waals surface area contributed by atoms with Gasteiger partial charge in [0.1, 0.15) is 0 Å². The number of carbonyl (C=O) groups excluding carboxylic acids is 1. The molecular weight excluding hydrogens is 390 g/mol. The summed E-state index contributed by atoms with van der Waals surface area (Å²) in [4.78, 5) is 18.6. The molecule has 2 N–H and O–H groups in total. The van der Waals surface area contributed by atoms with Gasteiger partial charge in [0.25, 0.3) is 0 Å². The number of amides is 2. The Labute approximate surface area is 172 Å². The number of sulfonamides is 1. The predicted molar refractivity (Wildman–Crippen MR) is 115 cm³/mol. The van der Waals surface area contributed by atoms with E-state index in [9.17, 15) is 13.2 Å². The number of pyridine rings is 1. The maximum absolute atomic E-state index is 12.2. The molecule has 0 saturated carbocycles. The number of nitrogens with one attached hydrogen (secondary N) is 2. The van der Waals surface area contributed by atoms with Crippen LogP contribution in [0.15, 0.2) is 42.6 Å². The first-order chi connectivity index (χ1) is 13.8. The number of urea groups is 1. The van der Waals surface area contributed by atoms with Crippen LogP contribution in [0.25, 0.3) is 0 Å². The van der Waals surface area contributed by atoms with Crippen molar-refractivity contribution in [3.05, 3.63) is 53.9 Å². The average molecular weight is 418 g/mol. The number of nitrogens with zero attached hydrogens (tertiary/aromatic N) is 3. The molecule has 2 aromatic rings. The third kappa shape index (κ3) is 6.52. The van der Waals surface area contributed by atoms with Gasteiger partial charge in [-0.25, -0.2) is 13.2 Å². The Morgan fingerprint density at radius 1 is 1.07 bits per heavy atom. The first-order valence-corrected chi connectivity index (χ1v) is 11.4. The van der Waals surface area contributed by atoms with Crippen LogP contribution in [-0.4, -0.2) is 67.6 Å². The molecule has 0 aliphatic carbocycles. The summed E-state index contributed by atoms with van der Waals surface area (Å²) < 4.78 is 24.7. The maximum atomic E-state index is 12.2. The third-order valence-electron chi connectivity index (χ3n) is 4.87. The topological polar surface area (TPSA) is 94.6 Å². The van der Waals surface area contributed by atoms with Gasteiger partial charge >= 0.3 is 6.03 Å². The molecule has 3 rings (SSSR count). The molecule has 9 heteroatoms. The standard InChI is InChI=1S/C20H27N5O3S/c1-16-6-7-19(15-21-16)23-20(26)22-18-5-3-4-17(14-18)8-9-24-10-12-25(13-11-24)29(2,27)28/h3-7,14-15H,8-13H2,1-2H3,(H2,22,23,26). The van der Waals surface area contributed by atoms with Crippen LogP contribution in [0.4, 0.5) is 16.2 Å². The van der Waals surface area contributed by atoms with E-state index in [0.717, 1.165) is 43.0 Å². The molecule has 0 atom stereocenters. The molecule has 0 spiro atoms. The van der Waals surface area contributed by atoms with Crippen molar-refractivity contribution in [3.63, 3.8) is 0 Å². The number of piperazine rings is 1. The summed E-state index contributed by atoms with van der Waals surface area (Å²) in [7, 11) is -3.10. The maximum Gasteiger partial charge on any atom is 0.323 e. The van der Waals surface area contributed by atoms with Crippen LogP contribution in [0, 0.1) is 6.92 Å². The number of hydrogen-bond acceptors (Lipinski definition) is 5. The van der Waals surface area contributed by atoms with Gasteiger partial charge in [-0.3, -0.25) is 4.98 Å². The van der Waals surface area contributed by atoms with Gasteiger partial charge < -0.3 is 15.5 Å². The van der Waals surface area contributed by atoms with E-state index in [1.54, 1.807) is 6.20 Å². The van der Waals surface area contributed by atoms with Crippen molar-refractivity contribution in [2.75, 3.05) is 49.6 Å². The summed E-state index contributed by atoms with van der Waals surface area (Å²) in [5.41, 5.74) is 3.37. The molecule has 0 unspecified atom stereocenters. The molecule has 29 heavy (non-hydrogen) atoms. The van der Waals surface area contributed by atoms with Crippen molar-refractivity contribution in [2.45, 2.75) is 13.3 Å². The summed E-state index contributed by atoms with van der Waals surface area (Å²) in [6.45, 7) is 5.28. The first kappa shape index (κ1) is 21.2. The smallest absolute Gasteiger partial charge is 0.308 e. The van der Waals surface area contributed by atoms with Crippen LogP contribution in [0.5, 0.6) is 0 Å². The number of aromatic nitrogens is 1. The van der Waals surface area contributed by atoms with E-state index in [1.165, 1.54) is 10.6 Å². The van der Waals surface area contributed by atoms with Crippen molar-refractivity contribution in [2.24, 2.45) is 0 Å². The van der Waals surface area contributed by atoms with Crippen LogP contribution < -0.4 is 10.6 Å². The van der Waals surface area contributed by atoms with Crippen molar-refractivity contribution < 1.29 is 13.2 Å². The van der Waals surface area contributed by atoms with Gasteiger partial charge in [-0.2, -0.15) is 4.31 Å². The van der Waals surface area contributed by atoms with Crippen LogP contribution in [0.2, 0.25) is 0 Å². The molecule has 1 aliphatic heterocycles. The molecule has 0 radical (unpaired) electrons. The van der Waals surface area contributed by atoms with Gasteiger partial charge in [0, 0.05) is 44.1 Å². The summed E-state index contributed by atoms with van der Waals surface area (Å²) >= 11 is 0. The zero-order valence-corrected chi connectivity index (χ0v) is 17.6. The van der Waals surface area contributed by atoms with Crippen molar-refractivity contribution >= 4 is 27.4 Å². The second-order valence-electron chi connectivity index (χ2n) is 7.22. The minimum absolute atomic E-state index is 0.315. The summed E-state index contributed by atoms with van der Waals surface area (Å²) in [5.74, 6) is 0. The van der Waals surface area contributed by atoms with E-state index in [2.05, 4.69) is 20.5 Å². The first-order valence-electron chi connectivity index (χ1n) is 9.57. The van der Waals surface area contributed by atoms with E-state index < -0.39 is 10.0 Å². The second kappa shape index (κ2) is 9.34. The molecule has 156 valence electrons. The fourth-order valence-corrected chi connectivity index (χ4v) is 4.04. The molecule has 8 nitrogen and oxygen atoms in total. The summed E-state index contributed by atoms with van der Waals surface area (Å²) in [5, 5.41) is 5.60.